The molecule has 0 radical (unpaired) electrons. The number of benzene rings is 1. The Balaban J connectivity index is 2.83. The summed E-state index contributed by atoms with van der Waals surface area (Å²) in [5.74, 6) is 0. The van der Waals surface area contributed by atoms with E-state index in [1.807, 2.05) is 19.1 Å². The molecule has 0 aliphatic rings. The Bertz CT molecular complexity index is 476. The largest absolute Gasteiger partial charge is 0.266 e. The molecule has 0 spiro atoms. The number of halogens is 3. The molecule has 2 rings (SSSR count). The summed E-state index contributed by atoms with van der Waals surface area (Å²) < 4.78 is 26.9. The second-order valence-electron chi connectivity index (χ2n) is 3.04. The van der Waals surface area contributed by atoms with Crippen LogP contribution in [0.3, 0.4) is 0 Å². The first-order chi connectivity index (χ1) is 6.61. The fourth-order valence-electron chi connectivity index (χ4n) is 1.45. The SMILES string of the molecule is Cc1cccc2c(C(F)F)c(Br)sc12. The zero-order chi connectivity index (χ0) is 10.3. The van der Waals surface area contributed by atoms with Gasteiger partial charge in [0.1, 0.15) is 0 Å². The summed E-state index contributed by atoms with van der Waals surface area (Å²) in [5, 5.41) is 0.664. The first kappa shape index (κ1) is 10.1. The third-order valence-electron chi connectivity index (χ3n) is 2.12. The van der Waals surface area contributed by atoms with Crippen molar-refractivity contribution < 1.29 is 8.78 Å². The minimum absolute atomic E-state index is 0.119. The molecule has 0 atom stereocenters. The molecule has 0 aliphatic carbocycles. The molecule has 2 aromatic rings. The van der Waals surface area contributed by atoms with E-state index in [-0.39, 0.29) is 5.56 Å². The van der Waals surface area contributed by atoms with Gasteiger partial charge in [0.05, 0.1) is 9.35 Å². The number of rotatable bonds is 1. The minimum atomic E-state index is -2.42. The summed E-state index contributed by atoms with van der Waals surface area (Å²) in [5.41, 5.74) is 1.16. The highest BCUT2D eigenvalue weighted by Crippen LogP contribution is 2.41. The lowest BCUT2D eigenvalue weighted by molar-refractivity contribution is 0.153. The average Bonchev–Trinajstić information content (AvgIpc) is 2.42. The van der Waals surface area contributed by atoms with Gasteiger partial charge in [0.15, 0.2) is 0 Å². The monoisotopic (exact) mass is 276 g/mol. The molecule has 1 aromatic carbocycles. The molecule has 0 aliphatic heterocycles. The van der Waals surface area contributed by atoms with Crippen LogP contribution < -0.4 is 0 Å². The standard InChI is InChI=1S/C10H7BrF2S/c1-5-3-2-4-6-7(10(12)13)9(11)14-8(5)6/h2-4,10H,1H3. The summed E-state index contributed by atoms with van der Waals surface area (Å²) in [6.45, 7) is 1.93. The molecule has 0 saturated heterocycles. The van der Waals surface area contributed by atoms with Gasteiger partial charge in [-0.1, -0.05) is 18.2 Å². The van der Waals surface area contributed by atoms with Gasteiger partial charge in [-0.05, 0) is 28.4 Å². The first-order valence-electron chi connectivity index (χ1n) is 4.07. The predicted octanol–water partition coefficient (Wildman–Crippen LogP) is 4.91. The van der Waals surface area contributed by atoms with Crippen LogP contribution in [-0.2, 0) is 0 Å². The Morgan fingerprint density at radius 1 is 1.36 bits per heavy atom. The van der Waals surface area contributed by atoms with Gasteiger partial charge in [-0.3, -0.25) is 0 Å². The predicted molar refractivity (Wildman–Crippen MR) is 59.2 cm³/mol. The van der Waals surface area contributed by atoms with Crippen LogP contribution in [0.1, 0.15) is 17.6 Å². The molecule has 0 fully saturated rings. The summed E-state index contributed by atoms with van der Waals surface area (Å²) in [6.07, 6.45) is -2.42. The molecular weight excluding hydrogens is 270 g/mol. The van der Waals surface area contributed by atoms with E-state index in [0.29, 0.717) is 9.17 Å². The maximum atomic E-state index is 12.7. The summed E-state index contributed by atoms with van der Waals surface area (Å²) in [6, 6.07) is 5.48. The molecule has 0 saturated carbocycles. The molecule has 0 amide bonds. The maximum Gasteiger partial charge on any atom is 0.266 e. The Labute approximate surface area is 92.7 Å². The topological polar surface area (TPSA) is 0 Å². The van der Waals surface area contributed by atoms with Crippen molar-refractivity contribution in [2.24, 2.45) is 0 Å². The van der Waals surface area contributed by atoms with E-state index in [4.69, 9.17) is 0 Å². The van der Waals surface area contributed by atoms with Crippen LogP contribution >= 0.6 is 27.3 Å². The fourth-order valence-corrected chi connectivity index (χ4v) is 3.33. The number of hydrogen-bond donors (Lipinski definition) is 0. The second kappa shape index (κ2) is 3.59. The van der Waals surface area contributed by atoms with Crippen molar-refractivity contribution in [3.8, 4) is 0 Å². The van der Waals surface area contributed by atoms with Crippen LogP contribution in [0.5, 0.6) is 0 Å². The van der Waals surface area contributed by atoms with Crippen LogP contribution in [0.2, 0.25) is 0 Å². The quantitative estimate of drug-likeness (QED) is 0.694. The van der Waals surface area contributed by atoms with Crippen molar-refractivity contribution in [2.75, 3.05) is 0 Å². The minimum Gasteiger partial charge on any atom is -0.205 e. The normalized spacial score (nSPS) is 11.5. The van der Waals surface area contributed by atoms with Gasteiger partial charge in [-0.15, -0.1) is 11.3 Å². The molecule has 14 heavy (non-hydrogen) atoms. The number of fused-ring (bicyclic) bond motifs is 1. The van der Waals surface area contributed by atoms with Gasteiger partial charge < -0.3 is 0 Å². The Hall–Kier alpha value is -0.480. The molecule has 0 bridgehead atoms. The summed E-state index contributed by atoms with van der Waals surface area (Å²) >= 11 is 4.55. The van der Waals surface area contributed by atoms with Crippen molar-refractivity contribution in [3.05, 3.63) is 33.1 Å². The number of aryl methyl sites for hydroxylation is 1. The van der Waals surface area contributed by atoms with Gasteiger partial charge >= 0.3 is 0 Å². The van der Waals surface area contributed by atoms with Crippen LogP contribution in [-0.4, -0.2) is 0 Å². The van der Waals surface area contributed by atoms with Crippen molar-refractivity contribution in [1.29, 1.82) is 0 Å². The van der Waals surface area contributed by atoms with Crippen molar-refractivity contribution in [1.82, 2.24) is 0 Å². The van der Waals surface area contributed by atoms with E-state index in [1.165, 1.54) is 11.3 Å². The van der Waals surface area contributed by atoms with E-state index >= 15 is 0 Å². The number of alkyl halides is 2. The van der Waals surface area contributed by atoms with Crippen LogP contribution in [0.25, 0.3) is 10.1 Å². The fraction of sp³-hybridized carbons (Fsp3) is 0.200. The Morgan fingerprint density at radius 3 is 2.71 bits per heavy atom. The van der Waals surface area contributed by atoms with Crippen LogP contribution in [0.15, 0.2) is 22.0 Å². The van der Waals surface area contributed by atoms with Crippen molar-refractivity contribution in [2.45, 2.75) is 13.3 Å². The highest BCUT2D eigenvalue weighted by atomic mass is 79.9. The Morgan fingerprint density at radius 2 is 2.07 bits per heavy atom. The molecular formula is C10H7BrF2S. The zero-order valence-corrected chi connectivity index (χ0v) is 9.75. The van der Waals surface area contributed by atoms with Gasteiger partial charge in [0.2, 0.25) is 0 Å². The van der Waals surface area contributed by atoms with E-state index in [9.17, 15) is 8.78 Å². The molecule has 0 N–H and O–H groups in total. The van der Waals surface area contributed by atoms with Crippen molar-refractivity contribution in [3.63, 3.8) is 0 Å². The van der Waals surface area contributed by atoms with E-state index in [1.54, 1.807) is 6.07 Å². The third-order valence-corrected chi connectivity index (χ3v) is 4.18. The average molecular weight is 277 g/mol. The van der Waals surface area contributed by atoms with E-state index in [2.05, 4.69) is 15.9 Å². The number of thiophene rings is 1. The lowest BCUT2D eigenvalue weighted by Crippen LogP contribution is -1.82. The van der Waals surface area contributed by atoms with E-state index in [0.717, 1.165) is 10.3 Å². The highest BCUT2D eigenvalue weighted by molar-refractivity contribution is 9.11. The molecule has 4 heteroatoms. The lowest BCUT2D eigenvalue weighted by Gasteiger charge is -1.98. The molecule has 1 aromatic heterocycles. The summed E-state index contributed by atoms with van der Waals surface area (Å²) in [7, 11) is 0. The third kappa shape index (κ3) is 1.46. The maximum absolute atomic E-state index is 12.7. The Kier molecular flexibility index (Phi) is 2.58. The van der Waals surface area contributed by atoms with Gasteiger partial charge in [0, 0.05) is 10.1 Å². The first-order valence-corrected chi connectivity index (χ1v) is 5.68. The summed E-state index contributed by atoms with van der Waals surface area (Å²) in [4.78, 5) is 0. The molecule has 0 nitrogen and oxygen atoms in total. The van der Waals surface area contributed by atoms with Crippen LogP contribution in [0.4, 0.5) is 8.78 Å². The van der Waals surface area contributed by atoms with Gasteiger partial charge in [0.25, 0.3) is 6.43 Å². The number of hydrogen-bond acceptors (Lipinski definition) is 1. The van der Waals surface area contributed by atoms with Crippen LogP contribution in [0, 0.1) is 6.92 Å². The van der Waals surface area contributed by atoms with Gasteiger partial charge in [-0.2, -0.15) is 0 Å². The zero-order valence-electron chi connectivity index (χ0n) is 7.35. The highest BCUT2D eigenvalue weighted by Gasteiger charge is 2.18. The van der Waals surface area contributed by atoms with E-state index < -0.39 is 6.43 Å². The second-order valence-corrected chi connectivity index (χ2v) is 5.38. The lowest BCUT2D eigenvalue weighted by atomic mass is 10.1. The molecule has 74 valence electrons. The molecule has 1 heterocycles. The van der Waals surface area contributed by atoms with Crippen molar-refractivity contribution >= 4 is 37.4 Å². The van der Waals surface area contributed by atoms with Gasteiger partial charge in [-0.25, -0.2) is 8.78 Å². The smallest absolute Gasteiger partial charge is 0.205 e. The molecule has 0 unspecified atom stereocenters.